The summed E-state index contributed by atoms with van der Waals surface area (Å²) in [7, 11) is 4.21. The molecule has 1 saturated carbocycles. The number of hydrogen-bond donors (Lipinski definition) is 1. The first-order valence-corrected chi connectivity index (χ1v) is 7.38. The van der Waals surface area contributed by atoms with Crippen LogP contribution in [0.5, 0.6) is 0 Å². The van der Waals surface area contributed by atoms with Gasteiger partial charge in [-0.25, -0.2) is 0 Å². The number of nitrogens with zero attached hydrogens (tertiary/aromatic N) is 1. The molecule has 1 fully saturated rings. The van der Waals surface area contributed by atoms with Crippen LogP contribution in [0.25, 0.3) is 0 Å². The summed E-state index contributed by atoms with van der Waals surface area (Å²) >= 11 is 1.66. The zero-order valence-electron chi connectivity index (χ0n) is 11.0. The van der Waals surface area contributed by atoms with Crippen molar-refractivity contribution in [2.75, 3.05) is 14.1 Å². The first kappa shape index (κ1) is 13.1. The molecule has 3 heteroatoms. The van der Waals surface area contributed by atoms with Crippen LogP contribution in [0, 0.1) is 5.92 Å². The van der Waals surface area contributed by atoms with E-state index in [2.05, 4.69) is 37.4 Å². The van der Waals surface area contributed by atoms with E-state index in [1.807, 2.05) is 5.38 Å². The fraction of sp³-hybridized carbons (Fsp3) is 0.714. The van der Waals surface area contributed by atoms with Gasteiger partial charge in [0, 0.05) is 0 Å². The first-order valence-electron chi connectivity index (χ1n) is 6.44. The highest BCUT2D eigenvalue weighted by atomic mass is 32.1. The lowest BCUT2D eigenvalue weighted by molar-refractivity contribution is -0.0448. The van der Waals surface area contributed by atoms with Crippen molar-refractivity contribution in [3.63, 3.8) is 0 Å². The molecule has 3 unspecified atom stereocenters. The van der Waals surface area contributed by atoms with Crippen molar-refractivity contribution < 1.29 is 5.11 Å². The summed E-state index contributed by atoms with van der Waals surface area (Å²) in [6.45, 7) is 2.30. The summed E-state index contributed by atoms with van der Waals surface area (Å²) in [6.07, 6.45) is 4.36. The van der Waals surface area contributed by atoms with Crippen molar-refractivity contribution in [1.82, 2.24) is 4.90 Å². The van der Waals surface area contributed by atoms with Crippen molar-refractivity contribution in [3.8, 4) is 0 Å². The van der Waals surface area contributed by atoms with Crippen molar-refractivity contribution >= 4 is 11.3 Å². The molecule has 1 aliphatic rings. The van der Waals surface area contributed by atoms with E-state index < -0.39 is 0 Å². The summed E-state index contributed by atoms with van der Waals surface area (Å²) in [5, 5.41) is 14.9. The molecule has 3 atom stereocenters. The Morgan fingerprint density at radius 3 is 2.82 bits per heavy atom. The number of rotatable bonds is 3. The van der Waals surface area contributed by atoms with Gasteiger partial charge in [-0.2, -0.15) is 11.3 Å². The van der Waals surface area contributed by atoms with Gasteiger partial charge in [0.05, 0.1) is 11.6 Å². The lowest BCUT2D eigenvalue weighted by Gasteiger charge is -2.48. The molecule has 0 amide bonds. The molecule has 0 spiro atoms. The highest BCUT2D eigenvalue weighted by Gasteiger charge is 2.43. The molecule has 0 saturated heterocycles. The lowest BCUT2D eigenvalue weighted by Crippen LogP contribution is -2.52. The highest BCUT2D eigenvalue weighted by molar-refractivity contribution is 7.07. The molecule has 0 bridgehead atoms. The third-order valence-electron chi connectivity index (χ3n) is 4.27. The van der Waals surface area contributed by atoms with Crippen LogP contribution in [0.3, 0.4) is 0 Å². The smallest absolute Gasteiger partial charge is 0.0981 e. The Hall–Kier alpha value is -0.380. The summed E-state index contributed by atoms with van der Waals surface area (Å²) in [5.41, 5.74) is 1.01. The fourth-order valence-electron chi connectivity index (χ4n) is 3.20. The zero-order chi connectivity index (χ0) is 12.5. The minimum Gasteiger partial charge on any atom is -0.386 e. The highest BCUT2D eigenvalue weighted by Crippen LogP contribution is 2.44. The van der Waals surface area contributed by atoms with E-state index in [1.54, 1.807) is 11.3 Å². The molecular weight excluding hydrogens is 230 g/mol. The molecule has 1 aliphatic carbocycles. The van der Waals surface area contributed by atoms with Crippen LogP contribution >= 0.6 is 11.3 Å². The van der Waals surface area contributed by atoms with Crippen molar-refractivity contribution in [2.24, 2.45) is 5.92 Å². The van der Waals surface area contributed by atoms with Gasteiger partial charge in [-0.05, 0) is 55.2 Å². The molecule has 1 N–H and O–H groups in total. The van der Waals surface area contributed by atoms with Gasteiger partial charge in [0.25, 0.3) is 0 Å². The second-order valence-electron chi connectivity index (χ2n) is 5.66. The zero-order valence-corrected chi connectivity index (χ0v) is 11.8. The van der Waals surface area contributed by atoms with Gasteiger partial charge < -0.3 is 10.0 Å². The van der Waals surface area contributed by atoms with Gasteiger partial charge in [0.1, 0.15) is 0 Å². The largest absolute Gasteiger partial charge is 0.386 e. The number of thiophene rings is 1. The average molecular weight is 253 g/mol. The van der Waals surface area contributed by atoms with Crippen LogP contribution in [0.2, 0.25) is 0 Å². The van der Waals surface area contributed by atoms with Crippen LogP contribution in [0.15, 0.2) is 16.8 Å². The number of hydrogen-bond acceptors (Lipinski definition) is 3. The van der Waals surface area contributed by atoms with Crippen LogP contribution < -0.4 is 0 Å². The van der Waals surface area contributed by atoms with Crippen LogP contribution in [0.1, 0.15) is 44.3 Å². The second kappa shape index (κ2) is 5.09. The van der Waals surface area contributed by atoms with E-state index in [9.17, 15) is 5.11 Å². The quantitative estimate of drug-likeness (QED) is 0.893. The van der Waals surface area contributed by atoms with Crippen LogP contribution in [-0.4, -0.2) is 29.6 Å². The van der Waals surface area contributed by atoms with E-state index in [1.165, 1.54) is 12.8 Å². The maximum atomic E-state index is 10.7. The van der Waals surface area contributed by atoms with E-state index in [4.69, 9.17) is 0 Å². The Morgan fingerprint density at radius 1 is 1.53 bits per heavy atom. The van der Waals surface area contributed by atoms with Gasteiger partial charge >= 0.3 is 0 Å². The van der Waals surface area contributed by atoms with Gasteiger partial charge in [-0.3, -0.25) is 0 Å². The predicted molar refractivity (Wildman–Crippen MR) is 73.3 cm³/mol. The van der Waals surface area contributed by atoms with Crippen molar-refractivity contribution in [3.05, 3.63) is 22.4 Å². The topological polar surface area (TPSA) is 23.5 Å². The monoisotopic (exact) mass is 253 g/mol. The average Bonchev–Trinajstić information content (AvgIpc) is 2.81. The number of aliphatic hydroxyl groups is 1. The standard InChI is InChI=1S/C14H23NOS/c1-11-5-4-7-14(9-11,15(2)3)13(16)12-6-8-17-10-12/h6,8,10-11,13,16H,4-5,7,9H2,1-3H3. The number of likely N-dealkylation sites (N-methyl/N-ethyl adjacent to an activating group) is 1. The van der Waals surface area contributed by atoms with E-state index in [0.717, 1.165) is 18.4 Å². The molecule has 0 aromatic carbocycles. The molecule has 1 aromatic rings. The minimum absolute atomic E-state index is 0.0707. The molecule has 0 aliphatic heterocycles. The van der Waals surface area contributed by atoms with Gasteiger partial charge in [-0.15, -0.1) is 0 Å². The molecule has 96 valence electrons. The third-order valence-corrected chi connectivity index (χ3v) is 4.97. The number of aliphatic hydroxyl groups excluding tert-OH is 1. The first-order chi connectivity index (χ1) is 8.06. The summed E-state index contributed by atoms with van der Waals surface area (Å²) in [5.74, 6) is 0.708. The Balaban J connectivity index is 2.27. The van der Waals surface area contributed by atoms with Gasteiger partial charge in [0.15, 0.2) is 0 Å². The minimum atomic E-state index is -0.355. The van der Waals surface area contributed by atoms with Gasteiger partial charge in [0.2, 0.25) is 0 Å². The van der Waals surface area contributed by atoms with Crippen LogP contribution in [0.4, 0.5) is 0 Å². The summed E-state index contributed by atoms with van der Waals surface area (Å²) < 4.78 is 0. The van der Waals surface area contributed by atoms with E-state index in [-0.39, 0.29) is 11.6 Å². The molecular formula is C14H23NOS. The normalized spacial score (nSPS) is 31.7. The molecule has 2 nitrogen and oxygen atoms in total. The van der Waals surface area contributed by atoms with Crippen molar-refractivity contribution in [2.45, 2.75) is 44.2 Å². The van der Waals surface area contributed by atoms with Crippen molar-refractivity contribution in [1.29, 1.82) is 0 Å². The Bertz CT molecular complexity index is 349. The van der Waals surface area contributed by atoms with E-state index >= 15 is 0 Å². The van der Waals surface area contributed by atoms with E-state index in [0.29, 0.717) is 5.92 Å². The van der Waals surface area contributed by atoms with Crippen LogP contribution in [-0.2, 0) is 0 Å². The van der Waals surface area contributed by atoms with Gasteiger partial charge in [-0.1, -0.05) is 19.8 Å². The maximum absolute atomic E-state index is 10.7. The SMILES string of the molecule is CC1CCCC(C(O)c2ccsc2)(N(C)C)C1. The fourth-order valence-corrected chi connectivity index (χ4v) is 3.88. The molecule has 1 aromatic heterocycles. The third kappa shape index (κ3) is 2.42. The Labute approximate surface area is 108 Å². The Morgan fingerprint density at radius 2 is 2.29 bits per heavy atom. The summed E-state index contributed by atoms with van der Waals surface area (Å²) in [4.78, 5) is 2.24. The molecule has 0 radical (unpaired) electrons. The maximum Gasteiger partial charge on any atom is 0.0981 e. The molecule has 1 heterocycles. The lowest BCUT2D eigenvalue weighted by atomic mass is 9.71. The second-order valence-corrected chi connectivity index (χ2v) is 6.44. The molecule has 2 rings (SSSR count). The molecule has 17 heavy (non-hydrogen) atoms. The summed E-state index contributed by atoms with van der Waals surface area (Å²) in [6, 6.07) is 2.06. The Kier molecular flexibility index (Phi) is 3.91. The predicted octanol–water partition coefficient (Wildman–Crippen LogP) is 3.29.